The Labute approximate surface area is 345 Å². The van der Waals surface area contributed by atoms with Gasteiger partial charge in [0, 0.05) is 38.1 Å². The van der Waals surface area contributed by atoms with Gasteiger partial charge in [0.25, 0.3) is 0 Å². The van der Waals surface area contributed by atoms with Crippen molar-refractivity contribution in [1.82, 2.24) is 24.1 Å². The molecule has 12 aromatic rings. The maximum Gasteiger partial charge on any atom is 0.238 e. The number of aromatic nitrogens is 5. The monoisotopic (exact) mass is 763 g/mol. The topological polar surface area (TPSA) is 48.5 Å². The van der Waals surface area contributed by atoms with Crippen LogP contribution in [0.3, 0.4) is 0 Å². The predicted octanol–water partition coefficient (Wildman–Crippen LogP) is 13.9. The largest absolute Gasteiger partial charge is 0.309 e. The highest BCUT2D eigenvalue weighted by molar-refractivity contribution is 6.19. The van der Waals surface area contributed by atoms with Crippen LogP contribution in [-0.2, 0) is 0 Å². The molecule has 3 heterocycles. The van der Waals surface area contributed by atoms with Crippen LogP contribution >= 0.6 is 0 Å². The average Bonchev–Trinajstić information content (AvgIpc) is 3.95. The third-order valence-electron chi connectivity index (χ3n) is 12.3. The minimum atomic E-state index is 0.582. The average molecular weight is 764 g/mol. The summed E-state index contributed by atoms with van der Waals surface area (Å²) in [5, 5.41) is 7.32. The summed E-state index contributed by atoms with van der Waals surface area (Å²) < 4.78 is 4.66. The van der Waals surface area contributed by atoms with Crippen LogP contribution in [0.25, 0.3) is 122 Å². The third-order valence-corrected chi connectivity index (χ3v) is 12.3. The Hall–Kier alpha value is -8.15. The molecule has 0 bridgehead atoms. The molecule has 0 saturated carbocycles. The van der Waals surface area contributed by atoms with Gasteiger partial charge >= 0.3 is 0 Å². The molecule has 13 rings (SSSR count). The number of hydrogen-bond acceptors (Lipinski definition) is 3. The first-order valence-electron chi connectivity index (χ1n) is 20.4. The van der Waals surface area contributed by atoms with Gasteiger partial charge in [-0.25, -0.2) is 4.98 Å². The van der Waals surface area contributed by atoms with Gasteiger partial charge in [-0.1, -0.05) is 164 Å². The smallest absolute Gasteiger partial charge is 0.238 e. The van der Waals surface area contributed by atoms with Crippen molar-refractivity contribution >= 4 is 54.4 Å². The van der Waals surface area contributed by atoms with Crippen molar-refractivity contribution in [3.8, 4) is 67.8 Å². The van der Waals surface area contributed by atoms with E-state index < -0.39 is 0 Å². The molecule has 0 fully saturated rings. The second-order valence-corrected chi connectivity index (χ2v) is 15.6. The second-order valence-electron chi connectivity index (χ2n) is 15.6. The number of hydrogen-bond donors (Lipinski definition) is 0. The number of rotatable bonds is 5. The fourth-order valence-electron chi connectivity index (χ4n) is 9.66. The molecule has 0 spiro atoms. The Morgan fingerprint density at radius 2 is 0.800 bits per heavy atom. The second kappa shape index (κ2) is 12.7. The molecule has 9 aromatic carbocycles. The van der Waals surface area contributed by atoms with Crippen molar-refractivity contribution in [3.05, 3.63) is 200 Å². The highest BCUT2D eigenvalue weighted by Gasteiger charge is 2.24. The summed E-state index contributed by atoms with van der Waals surface area (Å²) in [6.07, 6.45) is 0. The van der Waals surface area contributed by atoms with Crippen molar-refractivity contribution < 1.29 is 0 Å². The van der Waals surface area contributed by atoms with Gasteiger partial charge in [-0.2, -0.15) is 9.97 Å². The van der Waals surface area contributed by atoms with Crippen LogP contribution in [0.1, 0.15) is 0 Å². The zero-order chi connectivity index (χ0) is 39.3. The third kappa shape index (κ3) is 4.77. The molecule has 1 aliphatic carbocycles. The normalized spacial score (nSPS) is 12.0. The molecule has 0 aliphatic heterocycles. The van der Waals surface area contributed by atoms with Gasteiger partial charge in [-0.3, -0.25) is 4.57 Å². The number of benzene rings is 9. The van der Waals surface area contributed by atoms with E-state index in [2.05, 4.69) is 173 Å². The predicted molar refractivity (Wildman–Crippen MR) is 247 cm³/mol. The molecule has 5 nitrogen and oxygen atoms in total. The van der Waals surface area contributed by atoms with Crippen molar-refractivity contribution in [2.24, 2.45) is 0 Å². The molecule has 0 unspecified atom stereocenters. The van der Waals surface area contributed by atoms with Crippen LogP contribution in [0.2, 0.25) is 0 Å². The van der Waals surface area contributed by atoms with E-state index in [-0.39, 0.29) is 0 Å². The Bertz CT molecular complexity index is 3620. The van der Waals surface area contributed by atoms with Gasteiger partial charge in [-0.15, -0.1) is 0 Å². The van der Waals surface area contributed by atoms with E-state index in [1.165, 1.54) is 60.5 Å². The highest BCUT2D eigenvalue weighted by Crippen LogP contribution is 2.49. The van der Waals surface area contributed by atoms with Crippen molar-refractivity contribution in [3.63, 3.8) is 0 Å². The maximum atomic E-state index is 5.17. The zero-order valence-corrected chi connectivity index (χ0v) is 32.3. The molecule has 0 N–H and O–H groups in total. The summed E-state index contributed by atoms with van der Waals surface area (Å²) in [7, 11) is 0. The number of para-hydroxylation sites is 2. The molecule has 0 atom stereocenters. The molecule has 0 radical (unpaired) electrons. The lowest BCUT2D eigenvalue weighted by molar-refractivity contribution is 0.953. The highest BCUT2D eigenvalue weighted by atomic mass is 15.2. The van der Waals surface area contributed by atoms with Gasteiger partial charge in [0.15, 0.2) is 11.6 Å². The molecular formula is C55H33N5. The van der Waals surface area contributed by atoms with Gasteiger partial charge in [0.2, 0.25) is 5.95 Å². The van der Waals surface area contributed by atoms with E-state index in [0.29, 0.717) is 17.6 Å². The molecule has 5 heteroatoms. The molecule has 0 amide bonds. The Morgan fingerprint density at radius 3 is 1.52 bits per heavy atom. The summed E-state index contributed by atoms with van der Waals surface area (Å²) in [6.45, 7) is 0. The molecule has 0 saturated heterocycles. The summed E-state index contributed by atoms with van der Waals surface area (Å²) >= 11 is 0. The van der Waals surface area contributed by atoms with Gasteiger partial charge < -0.3 is 4.57 Å². The number of nitrogens with zero attached hydrogens (tertiary/aromatic N) is 5. The van der Waals surface area contributed by atoms with Crippen LogP contribution in [0.5, 0.6) is 0 Å². The first kappa shape index (κ1) is 32.9. The molecule has 3 aromatic heterocycles. The van der Waals surface area contributed by atoms with E-state index in [1.54, 1.807) is 0 Å². The molecule has 60 heavy (non-hydrogen) atoms. The lowest BCUT2D eigenvalue weighted by Gasteiger charge is -2.13. The fraction of sp³-hybridized carbons (Fsp3) is 0. The van der Waals surface area contributed by atoms with E-state index in [0.717, 1.165) is 44.1 Å². The Balaban J connectivity index is 1.01. The van der Waals surface area contributed by atoms with Crippen molar-refractivity contribution in [1.29, 1.82) is 0 Å². The lowest BCUT2D eigenvalue weighted by atomic mass is 10.0. The summed E-state index contributed by atoms with van der Waals surface area (Å²) in [6, 6.07) is 71.5. The van der Waals surface area contributed by atoms with E-state index in [9.17, 15) is 0 Å². The van der Waals surface area contributed by atoms with E-state index in [4.69, 9.17) is 15.0 Å². The van der Waals surface area contributed by atoms with Crippen LogP contribution in [-0.4, -0.2) is 24.1 Å². The summed E-state index contributed by atoms with van der Waals surface area (Å²) in [5.74, 6) is 1.85. The molecule has 1 aliphatic rings. The van der Waals surface area contributed by atoms with Gasteiger partial charge in [0.05, 0.1) is 27.8 Å². The van der Waals surface area contributed by atoms with E-state index >= 15 is 0 Å². The Morgan fingerprint density at radius 1 is 0.283 bits per heavy atom. The summed E-state index contributed by atoms with van der Waals surface area (Å²) in [4.78, 5) is 15.3. The molecule has 278 valence electrons. The summed E-state index contributed by atoms with van der Waals surface area (Å²) in [5.41, 5.74) is 15.0. The van der Waals surface area contributed by atoms with Crippen LogP contribution in [0.4, 0.5) is 0 Å². The van der Waals surface area contributed by atoms with Gasteiger partial charge in [0.1, 0.15) is 0 Å². The van der Waals surface area contributed by atoms with E-state index in [1.807, 2.05) is 36.4 Å². The van der Waals surface area contributed by atoms with Crippen molar-refractivity contribution in [2.45, 2.75) is 0 Å². The lowest BCUT2D eigenvalue weighted by Crippen LogP contribution is -2.06. The first-order chi connectivity index (χ1) is 29.8. The quantitative estimate of drug-likeness (QED) is 0.175. The SMILES string of the molecule is c1ccc(-c2nc(-c3ccccc3)nc(-n3c4ccccc4c4ccc(-c5ccc6c(c5)c5ccccc5n6-c5ccc6c7c(cccc57)-c5ccccc5-6)cc43)n2)cc1. The molecular weight excluding hydrogens is 731 g/mol. The number of fused-ring (bicyclic) bond motifs is 9. The maximum absolute atomic E-state index is 5.17. The first-order valence-corrected chi connectivity index (χ1v) is 20.4. The van der Waals surface area contributed by atoms with Gasteiger partial charge in [-0.05, 0) is 75.2 Å². The zero-order valence-electron chi connectivity index (χ0n) is 32.3. The minimum Gasteiger partial charge on any atom is -0.309 e. The van der Waals surface area contributed by atoms with Crippen LogP contribution in [0, 0.1) is 0 Å². The van der Waals surface area contributed by atoms with Crippen molar-refractivity contribution in [2.75, 3.05) is 0 Å². The van der Waals surface area contributed by atoms with Crippen LogP contribution in [0.15, 0.2) is 200 Å². The Kier molecular flexibility index (Phi) is 6.95. The van der Waals surface area contributed by atoms with Crippen LogP contribution < -0.4 is 0 Å². The standard InChI is InChI=1S/C55H33N5/c1-3-14-34(15-4-1)53-56-54(35-16-5-2-6-17-35)58-55(57-53)60-48-25-12-9-20-40(48)42-28-26-37(33-51(42)60)36-27-30-50-46(32-36)41-21-10-11-24-47(41)59(50)49-31-29-44-39-19-8-7-18-38(39)43-22-13-23-45(49)52(43)44/h1-33H. The minimum absolute atomic E-state index is 0.582. The fourth-order valence-corrected chi connectivity index (χ4v) is 9.66.